The van der Waals surface area contributed by atoms with Crippen LogP contribution in [0, 0.1) is 5.92 Å². The summed E-state index contributed by atoms with van der Waals surface area (Å²) >= 11 is 0. The summed E-state index contributed by atoms with van der Waals surface area (Å²) in [6.45, 7) is 8.93. The third-order valence-corrected chi connectivity index (χ3v) is 3.05. The fraction of sp³-hybridized carbons (Fsp3) is 0.600. The predicted octanol–water partition coefficient (Wildman–Crippen LogP) is 2.28. The largest absolute Gasteiger partial charge is 0.355 e. The standard InChI is InChI=1S/C15H25N3O/c1-11(2)8-10-17-15(19)13(4)18-12(3)14-7-5-6-9-16-14/h5-7,9,11-13,18H,8,10H2,1-4H3,(H,17,19). The summed E-state index contributed by atoms with van der Waals surface area (Å²) in [5.74, 6) is 0.652. The van der Waals surface area contributed by atoms with Crippen LogP contribution in [0.25, 0.3) is 0 Å². The Morgan fingerprint density at radius 1 is 1.26 bits per heavy atom. The lowest BCUT2D eigenvalue weighted by Gasteiger charge is -2.19. The van der Waals surface area contributed by atoms with E-state index in [1.807, 2.05) is 32.0 Å². The molecule has 19 heavy (non-hydrogen) atoms. The highest BCUT2D eigenvalue weighted by Crippen LogP contribution is 2.08. The van der Waals surface area contributed by atoms with E-state index < -0.39 is 0 Å². The van der Waals surface area contributed by atoms with E-state index in [-0.39, 0.29) is 18.0 Å². The van der Waals surface area contributed by atoms with Gasteiger partial charge in [0.25, 0.3) is 0 Å². The van der Waals surface area contributed by atoms with E-state index in [1.165, 1.54) is 0 Å². The fourth-order valence-corrected chi connectivity index (χ4v) is 1.81. The van der Waals surface area contributed by atoms with Gasteiger partial charge in [-0.25, -0.2) is 0 Å². The lowest BCUT2D eigenvalue weighted by Crippen LogP contribution is -2.43. The van der Waals surface area contributed by atoms with Gasteiger partial charge in [-0.3, -0.25) is 15.1 Å². The van der Waals surface area contributed by atoms with Gasteiger partial charge in [0.05, 0.1) is 11.7 Å². The highest BCUT2D eigenvalue weighted by atomic mass is 16.2. The molecule has 0 spiro atoms. The summed E-state index contributed by atoms with van der Waals surface area (Å²) in [4.78, 5) is 16.2. The molecule has 0 aliphatic carbocycles. The number of nitrogens with one attached hydrogen (secondary N) is 2. The third kappa shape index (κ3) is 5.83. The number of hydrogen-bond acceptors (Lipinski definition) is 3. The second-order valence-electron chi connectivity index (χ2n) is 5.34. The van der Waals surface area contributed by atoms with Crippen molar-refractivity contribution in [3.63, 3.8) is 0 Å². The molecular formula is C15H25N3O. The van der Waals surface area contributed by atoms with E-state index in [1.54, 1.807) is 6.20 Å². The first-order valence-corrected chi connectivity index (χ1v) is 6.95. The van der Waals surface area contributed by atoms with Crippen molar-refractivity contribution in [3.05, 3.63) is 30.1 Å². The van der Waals surface area contributed by atoms with E-state index in [9.17, 15) is 4.79 Å². The predicted molar refractivity (Wildman–Crippen MR) is 77.7 cm³/mol. The van der Waals surface area contributed by atoms with Gasteiger partial charge in [-0.15, -0.1) is 0 Å². The Kier molecular flexibility index (Phi) is 6.50. The Bertz CT molecular complexity index is 378. The Morgan fingerprint density at radius 3 is 2.58 bits per heavy atom. The van der Waals surface area contributed by atoms with Crippen LogP contribution in [0.15, 0.2) is 24.4 Å². The molecule has 1 aromatic rings. The van der Waals surface area contributed by atoms with Crippen LogP contribution in [0.4, 0.5) is 0 Å². The molecule has 1 rings (SSSR count). The van der Waals surface area contributed by atoms with Crippen molar-refractivity contribution in [2.45, 2.75) is 46.2 Å². The molecule has 0 saturated carbocycles. The molecule has 0 radical (unpaired) electrons. The van der Waals surface area contributed by atoms with Gasteiger partial charge in [-0.2, -0.15) is 0 Å². The molecule has 2 atom stereocenters. The Hall–Kier alpha value is -1.42. The number of rotatable bonds is 7. The monoisotopic (exact) mass is 263 g/mol. The van der Waals surface area contributed by atoms with E-state index >= 15 is 0 Å². The zero-order valence-corrected chi connectivity index (χ0v) is 12.3. The molecule has 0 aromatic carbocycles. The van der Waals surface area contributed by atoms with Gasteiger partial charge in [-0.05, 0) is 38.3 Å². The first kappa shape index (κ1) is 15.6. The fourth-order valence-electron chi connectivity index (χ4n) is 1.81. The number of nitrogens with zero attached hydrogens (tertiary/aromatic N) is 1. The zero-order chi connectivity index (χ0) is 14.3. The van der Waals surface area contributed by atoms with Crippen molar-refractivity contribution in [1.82, 2.24) is 15.6 Å². The number of amides is 1. The molecule has 2 N–H and O–H groups in total. The summed E-state index contributed by atoms with van der Waals surface area (Å²) < 4.78 is 0. The van der Waals surface area contributed by atoms with Crippen LogP contribution < -0.4 is 10.6 Å². The van der Waals surface area contributed by atoms with Crippen LogP contribution in [0.2, 0.25) is 0 Å². The first-order chi connectivity index (χ1) is 9.00. The van der Waals surface area contributed by atoms with Crippen LogP contribution in [0.1, 0.15) is 45.9 Å². The maximum absolute atomic E-state index is 11.9. The Morgan fingerprint density at radius 2 is 2.00 bits per heavy atom. The summed E-state index contributed by atoms with van der Waals surface area (Å²) in [7, 11) is 0. The summed E-state index contributed by atoms with van der Waals surface area (Å²) in [6.07, 6.45) is 2.77. The molecule has 0 bridgehead atoms. The number of hydrogen-bond donors (Lipinski definition) is 2. The molecule has 0 fully saturated rings. The van der Waals surface area contributed by atoms with Crippen LogP contribution in [-0.2, 0) is 4.79 Å². The number of aromatic nitrogens is 1. The lowest BCUT2D eigenvalue weighted by atomic mass is 10.1. The maximum Gasteiger partial charge on any atom is 0.236 e. The molecule has 0 saturated heterocycles. The quantitative estimate of drug-likeness (QED) is 0.793. The van der Waals surface area contributed by atoms with Crippen molar-refractivity contribution < 1.29 is 4.79 Å². The van der Waals surface area contributed by atoms with Gasteiger partial charge in [0.1, 0.15) is 0 Å². The SMILES string of the molecule is CC(C)CCNC(=O)C(C)NC(C)c1ccccn1. The van der Waals surface area contributed by atoms with Gasteiger partial charge in [0.15, 0.2) is 0 Å². The minimum absolute atomic E-state index is 0.0448. The minimum atomic E-state index is -0.218. The molecule has 4 heteroatoms. The van der Waals surface area contributed by atoms with E-state index in [0.29, 0.717) is 5.92 Å². The van der Waals surface area contributed by atoms with Crippen molar-refractivity contribution in [2.75, 3.05) is 6.54 Å². The molecule has 0 aliphatic heterocycles. The summed E-state index contributed by atoms with van der Waals surface area (Å²) in [5.41, 5.74) is 0.948. The Balaban J connectivity index is 2.37. The lowest BCUT2D eigenvalue weighted by molar-refractivity contribution is -0.122. The van der Waals surface area contributed by atoms with Crippen LogP contribution in [0.5, 0.6) is 0 Å². The zero-order valence-electron chi connectivity index (χ0n) is 12.3. The normalized spacial score (nSPS) is 14.2. The smallest absolute Gasteiger partial charge is 0.236 e. The maximum atomic E-state index is 11.9. The topological polar surface area (TPSA) is 54.0 Å². The van der Waals surface area contributed by atoms with Gasteiger partial charge < -0.3 is 5.32 Å². The van der Waals surface area contributed by atoms with Crippen LogP contribution >= 0.6 is 0 Å². The number of carbonyl (C=O) groups excluding carboxylic acids is 1. The van der Waals surface area contributed by atoms with Crippen LogP contribution in [-0.4, -0.2) is 23.5 Å². The van der Waals surface area contributed by atoms with E-state index in [2.05, 4.69) is 29.5 Å². The summed E-state index contributed by atoms with van der Waals surface area (Å²) in [6, 6.07) is 5.64. The molecule has 1 amide bonds. The highest BCUT2D eigenvalue weighted by molar-refractivity contribution is 5.81. The van der Waals surface area contributed by atoms with Crippen LogP contribution in [0.3, 0.4) is 0 Å². The Labute approximate surface area is 116 Å². The van der Waals surface area contributed by atoms with Crippen molar-refractivity contribution in [2.24, 2.45) is 5.92 Å². The average Bonchev–Trinajstić information content (AvgIpc) is 2.39. The molecule has 0 aliphatic rings. The van der Waals surface area contributed by atoms with Gasteiger partial charge in [-0.1, -0.05) is 19.9 Å². The van der Waals surface area contributed by atoms with E-state index in [0.717, 1.165) is 18.7 Å². The average molecular weight is 263 g/mol. The highest BCUT2D eigenvalue weighted by Gasteiger charge is 2.16. The van der Waals surface area contributed by atoms with Gasteiger partial charge in [0, 0.05) is 18.8 Å². The molecule has 106 valence electrons. The summed E-state index contributed by atoms with van der Waals surface area (Å²) in [5, 5.41) is 6.21. The second-order valence-corrected chi connectivity index (χ2v) is 5.34. The number of carbonyl (C=O) groups is 1. The van der Waals surface area contributed by atoms with Gasteiger partial charge in [0.2, 0.25) is 5.91 Å². The first-order valence-electron chi connectivity index (χ1n) is 6.95. The third-order valence-electron chi connectivity index (χ3n) is 3.05. The molecule has 1 aromatic heterocycles. The van der Waals surface area contributed by atoms with E-state index in [4.69, 9.17) is 0 Å². The molecule has 2 unspecified atom stereocenters. The van der Waals surface area contributed by atoms with Crippen molar-refractivity contribution >= 4 is 5.91 Å². The van der Waals surface area contributed by atoms with Gasteiger partial charge >= 0.3 is 0 Å². The molecule has 4 nitrogen and oxygen atoms in total. The molecule has 1 heterocycles. The van der Waals surface area contributed by atoms with Crippen molar-refractivity contribution in [1.29, 1.82) is 0 Å². The second kappa shape index (κ2) is 7.89. The van der Waals surface area contributed by atoms with Crippen molar-refractivity contribution in [3.8, 4) is 0 Å². The molecular weight excluding hydrogens is 238 g/mol. The number of pyridine rings is 1. The minimum Gasteiger partial charge on any atom is -0.355 e.